The molecular formula is C25H26F6N4O2. The molecule has 2 N–H and O–H groups in total. The van der Waals surface area contributed by atoms with Gasteiger partial charge in [0.05, 0.1) is 22.9 Å². The van der Waals surface area contributed by atoms with Crippen LogP contribution in [0, 0.1) is 23.6 Å². The molecule has 3 fully saturated rings. The van der Waals surface area contributed by atoms with Gasteiger partial charge in [-0.25, -0.2) is 13.2 Å². The minimum Gasteiger partial charge on any atom is -0.381 e. The molecule has 0 spiro atoms. The van der Waals surface area contributed by atoms with Crippen LogP contribution in [0.25, 0.3) is 0 Å². The van der Waals surface area contributed by atoms with E-state index in [-0.39, 0.29) is 22.9 Å². The van der Waals surface area contributed by atoms with Crippen LogP contribution in [0.2, 0.25) is 0 Å². The Morgan fingerprint density at radius 3 is 2.38 bits per heavy atom. The number of pyridine rings is 1. The average Bonchev–Trinajstić information content (AvgIpc) is 3.47. The van der Waals surface area contributed by atoms with Crippen LogP contribution in [0.4, 0.5) is 32.0 Å². The third kappa shape index (κ3) is 4.38. The summed E-state index contributed by atoms with van der Waals surface area (Å²) in [6.07, 6.45) is -3.86. The highest BCUT2D eigenvalue weighted by Crippen LogP contribution is 2.58. The van der Waals surface area contributed by atoms with Crippen LogP contribution >= 0.6 is 0 Å². The van der Waals surface area contributed by atoms with Crippen molar-refractivity contribution in [1.29, 1.82) is 0 Å². The van der Waals surface area contributed by atoms with Crippen LogP contribution in [0.15, 0.2) is 35.3 Å². The van der Waals surface area contributed by atoms with Gasteiger partial charge in [-0.1, -0.05) is 19.1 Å². The van der Waals surface area contributed by atoms with E-state index in [0.29, 0.717) is 17.9 Å². The minimum atomic E-state index is -4.92. The maximum Gasteiger partial charge on any atom is 0.419 e. The summed E-state index contributed by atoms with van der Waals surface area (Å²) in [6, 6.07) is 1.28. The van der Waals surface area contributed by atoms with E-state index in [1.807, 2.05) is 7.05 Å². The van der Waals surface area contributed by atoms with Gasteiger partial charge in [-0.15, -0.1) is 0 Å². The summed E-state index contributed by atoms with van der Waals surface area (Å²) >= 11 is 0. The normalized spacial score (nSPS) is 28.9. The highest BCUT2D eigenvalue weighted by atomic mass is 19.4. The maximum atomic E-state index is 14.6. The van der Waals surface area contributed by atoms with Gasteiger partial charge in [0.15, 0.2) is 0 Å². The number of alkyl halides is 5. The van der Waals surface area contributed by atoms with Gasteiger partial charge >= 0.3 is 6.18 Å². The van der Waals surface area contributed by atoms with Crippen molar-refractivity contribution in [3.8, 4) is 0 Å². The number of nitrogens with zero attached hydrogens (tertiary/aromatic N) is 2. The lowest BCUT2D eigenvalue weighted by atomic mass is 10.0. The summed E-state index contributed by atoms with van der Waals surface area (Å²) in [5, 5.41) is 5.65. The molecule has 2 aliphatic carbocycles. The molecule has 1 amide bonds. The second-order valence-electron chi connectivity index (χ2n) is 10.4. The number of carbonyl (C=O) groups excluding carboxylic acids is 1. The molecule has 200 valence electrons. The first-order valence-electron chi connectivity index (χ1n) is 12.0. The molecule has 2 saturated carbocycles. The lowest BCUT2D eigenvalue weighted by Gasteiger charge is -2.20. The fourth-order valence-electron chi connectivity index (χ4n) is 5.54. The number of anilines is 1. The number of halogens is 6. The largest absolute Gasteiger partial charge is 0.419 e. The van der Waals surface area contributed by atoms with E-state index in [4.69, 9.17) is 0 Å². The lowest BCUT2D eigenvalue weighted by Crippen LogP contribution is -2.32. The molecule has 37 heavy (non-hydrogen) atoms. The summed E-state index contributed by atoms with van der Waals surface area (Å²) in [6.45, 7) is 4.28. The number of carbonyl (C=O) groups is 1. The Labute approximate surface area is 208 Å². The second kappa shape index (κ2) is 8.50. The molecule has 12 heteroatoms. The number of benzene rings is 1. The number of piperidine rings is 1. The van der Waals surface area contributed by atoms with E-state index < -0.39 is 52.9 Å². The standard InChI is InChI=1S/C25H26F6N4O2/c1-11-22(24(11,27)28)35-10-16(18(7-19(35)36)33-21-14-8-34(3)9-15(14)21)23(37)32-12(2)13-5-4-6-17(20(13)26)25(29,30)31/h4-7,10-12,14-15,21-22,33H,8-9H2,1-3H3,(H,32,37)/t11-,12-,14-,15+,21?,22-/m1/s1. The molecule has 1 aliphatic heterocycles. The number of amides is 1. The SMILES string of the molecule is C[C@@H]1[C@@H](n2cc(C(=O)N[C@H](C)c3cccc(C(F)(F)F)c3F)c(NC3[C@H]4CN(C)C[C@@H]34)cc2=O)C1(F)F. The van der Waals surface area contributed by atoms with Crippen LogP contribution < -0.4 is 16.2 Å². The lowest BCUT2D eigenvalue weighted by molar-refractivity contribution is -0.140. The molecule has 1 saturated heterocycles. The van der Waals surface area contributed by atoms with Gasteiger partial charge in [-0.2, -0.15) is 13.2 Å². The number of fused-ring (bicyclic) bond motifs is 1. The van der Waals surface area contributed by atoms with Crippen LogP contribution in [-0.2, 0) is 6.18 Å². The van der Waals surface area contributed by atoms with E-state index in [2.05, 4.69) is 15.5 Å². The van der Waals surface area contributed by atoms with Gasteiger partial charge < -0.3 is 20.1 Å². The van der Waals surface area contributed by atoms with Crippen LogP contribution in [0.5, 0.6) is 0 Å². The fourth-order valence-corrected chi connectivity index (χ4v) is 5.54. The highest BCUT2D eigenvalue weighted by Gasteiger charge is 2.67. The molecule has 6 nitrogen and oxygen atoms in total. The Morgan fingerprint density at radius 1 is 1.19 bits per heavy atom. The Kier molecular flexibility index (Phi) is 5.89. The Balaban J connectivity index is 1.45. The predicted molar refractivity (Wildman–Crippen MR) is 123 cm³/mol. The molecule has 5 rings (SSSR count). The first kappa shape index (κ1) is 25.6. The zero-order valence-electron chi connectivity index (χ0n) is 20.2. The molecular weight excluding hydrogens is 502 g/mol. The van der Waals surface area contributed by atoms with E-state index in [0.717, 1.165) is 42.1 Å². The number of hydrogen-bond donors (Lipinski definition) is 2. The van der Waals surface area contributed by atoms with Crippen molar-refractivity contribution in [2.24, 2.45) is 17.8 Å². The number of nitrogens with one attached hydrogen (secondary N) is 2. The smallest absolute Gasteiger partial charge is 0.381 e. The van der Waals surface area contributed by atoms with E-state index in [1.54, 1.807) is 0 Å². The number of rotatable bonds is 6. The molecule has 1 unspecified atom stereocenters. The summed E-state index contributed by atoms with van der Waals surface area (Å²) in [5.74, 6) is -5.92. The van der Waals surface area contributed by atoms with Crippen LogP contribution in [-0.4, -0.2) is 47.5 Å². The van der Waals surface area contributed by atoms with E-state index in [9.17, 15) is 35.9 Å². The maximum absolute atomic E-state index is 14.6. The van der Waals surface area contributed by atoms with Crippen LogP contribution in [0.3, 0.4) is 0 Å². The van der Waals surface area contributed by atoms with Gasteiger partial charge in [0.2, 0.25) is 0 Å². The molecule has 1 aromatic heterocycles. The highest BCUT2D eigenvalue weighted by molar-refractivity contribution is 5.99. The van der Waals surface area contributed by atoms with Gasteiger partial charge in [0.1, 0.15) is 11.9 Å². The van der Waals surface area contributed by atoms with Gasteiger partial charge in [0, 0.05) is 42.9 Å². The monoisotopic (exact) mass is 528 g/mol. The third-order valence-electron chi connectivity index (χ3n) is 7.84. The van der Waals surface area contributed by atoms with Crippen molar-refractivity contribution < 1.29 is 31.1 Å². The Hall–Kier alpha value is -3.02. The summed E-state index contributed by atoms with van der Waals surface area (Å²) in [4.78, 5) is 28.2. The first-order chi connectivity index (χ1) is 17.2. The van der Waals surface area contributed by atoms with Crippen molar-refractivity contribution >= 4 is 11.6 Å². The quantitative estimate of drug-likeness (QED) is 0.549. The third-order valence-corrected chi connectivity index (χ3v) is 7.84. The summed E-state index contributed by atoms with van der Waals surface area (Å²) in [5.41, 5.74) is -2.51. The van der Waals surface area contributed by atoms with Crippen molar-refractivity contribution in [1.82, 2.24) is 14.8 Å². The van der Waals surface area contributed by atoms with Crippen molar-refractivity contribution in [3.63, 3.8) is 0 Å². The van der Waals surface area contributed by atoms with E-state index >= 15 is 0 Å². The zero-order chi connectivity index (χ0) is 27.0. The van der Waals surface area contributed by atoms with Crippen molar-refractivity contribution in [2.45, 2.75) is 44.1 Å². The first-order valence-corrected chi connectivity index (χ1v) is 12.0. The predicted octanol–water partition coefficient (Wildman–Crippen LogP) is 4.30. The summed E-state index contributed by atoms with van der Waals surface area (Å²) in [7, 11) is 1.98. The van der Waals surface area contributed by atoms with Gasteiger partial charge in [0.25, 0.3) is 17.4 Å². The molecule has 0 radical (unpaired) electrons. The van der Waals surface area contributed by atoms with E-state index in [1.165, 1.54) is 13.8 Å². The second-order valence-corrected chi connectivity index (χ2v) is 10.4. The Morgan fingerprint density at radius 2 is 1.81 bits per heavy atom. The molecule has 2 aromatic rings. The minimum absolute atomic E-state index is 0.00220. The van der Waals surface area contributed by atoms with Gasteiger partial charge in [-0.3, -0.25) is 9.59 Å². The van der Waals surface area contributed by atoms with Crippen LogP contribution in [0.1, 0.15) is 47.4 Å². The summed E-state index contributed by atoms with van der Waals surface area (Å²) < 4.78 is 83.1. The average molecular weight is 528 g/mol. The van der Waals surface area contributed by atoms with Crippen molar-refractivity contribution in [2.75, 3.05) is 25.5 Å². The topological polar surface area (TPSA) is 66.4 Å². The Bertz CT molecular complexity index is 1300. The number of hydrogen-bond acceptors (Lipinski definition) is 4. The zero-order valence-corrected chi connectivity index (χ0v) is 20.2. The molecule has 2 heterocycles. The molecule has 3 aliphatic rings. The molecule has 1 aromatic carbocycles. The molecule has 0 bridgehead atoms. The fraction of sp³-hybridized carbons (Fsp3) is 0.520. The van der Waals surface area contributed by atoms with Crippen molar-refractivity contribution in [3.05, 3.63) is 63.3 Å². The number of likely N-dealkylation sites (tertiary alicyclic amines) is 1. The molecule has 6 atom stereocenters. The van der Waals surface area contributed by atoms with Gasteiger partial charge in [-0.05, 0) is 31.9 Å². The number of aromatic nitrogens is 1.